The van der Waals surface area contributed by atoms with Crippen molar-refractivity contribution in [3.05, 3.63) is 36.1 Å². The Labute approximate surface area is 137 Å². The summed E-state index contributed by atoms with van der Waals surface area (Å²) in [6.07, 6.45) is 1.84. The number of nitrogens with one attached hydrogen (secondary N) is 1. The van der Waals surface area contributed by atoms with Gasteiger partial charge in [-0.2, -0.15) is 0 Å². The molecule has 2 atom stereocenters. The van der Waals surface area contributed by atoms with Crippen molar-refractivity contribution < 1.29 is 9.21 Å². The Morgan fingerprint density at radius 2 is 2.18 bits per heavy atom. The van der Waals surface area contributed by atoms with Crippen LogP contribution in [0.5, 0.6) is 0 Å². The van der Waals surface area contributed by atoms with Crippen LogP contribution < -0.4 is 5.32 Å². The normalized spacial score (nSPS) is 21.4. The summed E-state index contributed by atoms with van der Waals surface area (Å²) in [6, 6.07) is 10.4. The van der Waals surface area contributed by atoms with Crippen LogP contribution >= 0.6 is 12.4 Å². The summed E-state index contributed by atoms with van der Waals surface area (Å²) in [6.45, 7) is 3.60. The number of hydrogen-bond acceptors (Lipinski definition) is 3. The summed E-state index contributed by atoms with van der Waals surface area (Å²) >= 11 is 0. The Bertz CT molecular complexity index is 607. The molecule has 0 aliphatic carbocycles. The van der Waals surface area contributed by atoms with Crippen molar-refractivity contribution in [3.63, 3.8) is 0 Å². The van der Waals surface area contributed by atoms with Crippen LogP contribution in [-0.4, -0.2) is 30.4 Å². The van der Waals surface area contributed by atoms with Crippen molar-refractivity contribution in [3.8, 4) is 0 Å². The first-order valence-corrected chi connectivity index (χ1v) is 7.59. The Morgan fingerprint density at radius 1 is 1.41 bits per heavy atom. The van der Waals surface area contributed by atoms with Crippen molar-refractivity contribution in [1.82, 2.24) is 10.2 Å². The molecule has 2 aromatic rings. The van der Waals surface area contributed by atoms with Crippen LogP contribution in [0.15, 0.2) is 34.7 Å². The van der Waals surface area contributed by atoms with Crippen LogP contribution in [0.4, 0.5) is 0 Å². The Morgan fingerprint density at radius 3 is 2.91 bits per heavy atom. The predicted molar refractivity (Wildman–Crippen MR) is 90.1 cm³/mol. The van der Waals surface area contributed by atoms with Crippen molar-refractivity contribution in [2.24, 2.45) is 5.92 Å². The lowest BCUT2D eigenvalue weighted by Gasteiger charge is -2.30. The summed E-state index contributed by atoms with van der Waals surface area (Å²) in [5.74, 6) is 1.20. The number of hydrogen-bond donors (Lipinski definition) is 1. The van der Waals surface area contributed by atoms with E-state index < -0.39 is 0 Å². The zero-order valence-corrected chi connectivity index (χ0v) is 13.9. The molecule has 1 aliphatic rings. The van der Waals surface area contributed by atoms with E-state index in [1.165, 1.54) is 0 Å². The van der Waals surface area contributed by atoms with Gasteiger partial charge in [-0.25, -0.2) is 0 Å². The van der Waals surface area contributed by atoms with Crippen molar-refractivity contribution in [2.75, 3.05) is 13.6 Å². The minimum atomic E-state index is 0. The number of benzene rings is 1. The van der Waals surface area contributed by atoms with Gasteiger partial charge in [-0.1, -0.05) is 18.2 Å². The largest absolute Gasteiger partial charge is 0.459 e. The lowest BCUT2D eigenvalue weighted by Crippen LogP contribution is -2.42. The van der Waals surface area contributed by atoms with E-state index in [1.54, 1.807) is 4.90 Å². The van der Waals surface area contributed by atoms with E-state index in [0.29, 0.717) is 12.6 Å². The number of carbonyl (C=O) groups excluding carboxylic acids is 1. The topological polar surface area (TPSA) is 45.5 Å². The fourth-order valence-electron chi connectivity index (χ4n) is 3.09. The zero-order chi connectivity index (χ0) is 14.8. The van der Waals surface area contributed by atoms with E-state index in [9.17, 15) is 4.79 Å². The van der Waals surface area contributed by atoms with Gasteiger partial charge in [0.05, 0.1) is 6.54 Å². The minimum absolute atomic E-state index is 0. The van der Waals surface area contributed by atoms with E-state index in [0.717, 1.165) is 36.1 Å². The van der Waals surface area contributed by atoms with Gasteiger partial charge in [0.2, 0.25) is 5.91 Å². The molecule has 0 spiro atoms. The molecule has 5 heteroatoms. The maximum atomic E-state index is 12.5. The number of halogens is 1. The molecule has 0 unspecified atom stereocenters. The zero-order valence-electron chi connectivity index (χ0n) is 13.0. The molecule has 4 nitrogen and oxygen atoms in total. The van der Waals surface area contributed by atoms with Crippen LogP contribution in [0, 0.1) is 5.92 Å². The first-order valence-electron chi connectivity index (χ1n) is 7.59. The Kier molecular flexibility index (Phi) is 5.48. The van der Waals surface area contributed by atoms with Gasteiger partial charge in [0.1, 0.15) is 11.3 Å². The van der Waals surface area contributed by atoms with Crippen LogP contribution in [0.1, 0.15) is 25.5 Å². The molecule has 1 saturated heterocycles. The standard InChI is InChI=1S/C17H22N2O2.ClH/c1-12-9-14(7-8-18-12)17(20)19(2)11-15-10-13-5-3-4-6-16(13)21-15;/h3-6,10,12,14,18H,7-9,11H2,1-2H3;1H/t12-,14-;/m0./s1. The smallest absolute Gasteiger partial charge is 0.225 e. The third-order valence-corrected chi connectivity index (χ3v) is 4.22. The molecule has 0 saturated carbocycles. The van der Waals surface area contributed by atoms with Gasteiger partial charge >= 0.3 is 0 Å². The first kappa shape index (κ1) is 16.8. The minimum Gasteiger partial charge on any atom is -0.459 e. The van der Waals surface area contributed by atoms with E-state index in [4.69, 9.17) is 4.42 Å². The number of furan rings is 1. The summed E-state index contributed by atoms with van der Waals surface area (Å²) in [5.41, 5.74) is 0.879. The average Bonchev–Trinajstić information content (AvgIpc) is 2.88. The van der Waals surface area contributed by atoms with Gasteiger partial charge in [-0.3, -0.25) is 4.79 Å². The number of para-hydroxylation sites is 1. The molecular formula is C17H23ClN2O2. The van der Waals surface area contributed by atoms with Gasteiger partial charge in [-0.15, -0.1) is 12.4 Å². The van der Waals surface area contributed by atoms with Crippen molar-refractivity contribution in [2.45, 2.75) is 32.4 Å². The van der Waals surface area contributed by atoms with E-state index in [2.05, 4.69) is 12.2 Å². The van der Waals surface area contributed by atoms with Crippen molar-refractivity contribution in [1.29, 1.82) is 0 Å². The molecule has 0 radical (unpaired) electrons. The summed E-state index contributed by atoms with van der Waals surface area (Å²) in [4.78, 5) is 14.3. The molecule has 1 N–H and O–H groups in total. The molecule has 2 heterocycles. The number of amides is 1. The van der Waals surface area contributed by atoms with Gasteiger partial charge in [0.25, 0.3) is 0 Å². The molecule has 22 heavy (non-hydrogen) atoms. The lowest BCUT2D eigenvalue weighted by molar-refractivity contribution is -0.136. The maximum Gasteiger partial charge on any atom is 0.225 e. The molecule has 120 valence electrons. The van der Waals surface area contributed by atoms with E-state index >= 15 is 0 Å². The lowest BCUT2D eigenvalue weighted by atomic mass is 9.92. The highest BCUT2D eigenvalue weighted by Gasteiger charge is 2.27. The number of nitrogens with zero attached hydrogens (tertiary/aromatic N) is 1. The van der Waals surface area contributed by atoms with Gasteiger partial charge in [-0.05, 0) is 38.4 Å². The molecule has 3 rings (SSSR count). The van der Waals surface area contributed by atoms with E-state index in [1.807, 2.05) is 37.4 Å². The van der Waals surface area contributed by atoms with Crippen molar-refractivity contribution >= 4 is 29.3 Å². The van der Waals surface area contributed by atoms with Crippen LogP contribution in [0.2, 0.25) is 0 Å². The van der Waals surface area contributed by atoms with Gasteiger partial charge < -0.3 is 14.6 Å². The predicted octanol–water partition coefficient (Wildman–Crippen LogP) is 3.20. The highest BCUT2D eigenvalue weighted by molar-refractivity contribution is 5.85. The SMILES string of the molecule is C[C@H]1C[C@@H](C(=O)N(C)Cc2cc3ccccc3o2)CCN1.Cl. The summed E-state index contributed by atoms with van der Waals surface area (Å²) in [5, 5.41) is 4.47. The molecule has 1 amide bonds. The Hall–Kier alpha value is -1.52. The van der Waals surface area contributed by atoms with Gasteiger partial charge in [0.15, 0.2) is 0 Å². The van der Waals surface area contributed by atoms with E-state index in [-0.39, 0.29) is 24.2 Å². The molecule has 1 fully saturated rings. The monoisotopic (exact) mass is 322 g/mol. The van der Waals surface area contributed by atoms with Crippen LogP contribution in [0.25, 0.3) is 11.0 Å². The number of rotatable bonds is 3. The third kappa shape index (κ3) is 3.62. The number of fused-ring (bicyclic) bond motifs is 1. The second-order valence-electron chi connectivity index (χ2n) is 6.02. The third-order valence-electron chi connectivity index (χ3n) is 4.22. The highest BCUT2D eigenvalue weighted by Crippen LogP contribution is 2.22. The molecule has 1 aromatic carbocycles. The van der Waals surface area contributed by atoms with Gasteiger partial charge in [0, 0.05) is 24.4 Å². The molecule has 0 bridgehead atoms. The maximum absolute atomic E-state index is 12.5. The van der Waals surface area contributed by atoms with Crippen LogP contribution in [0.3, 0.4) is 0 Å². The highest BCUT2D eigenvalue weighted by atomic mass is 35.5. The second kappa shape index (κ2) is 7.16. The molecule has 1 aliphatic heterocycles. The fraction of sp³-hybridized carbons (Fsp3) is 0.471. The number of carbonyl (C=O) groups is 1. The average molecular weight is 323 g/mol. The fourth-order valence-corrected chi connectivity index (χ4v) is 3.09. The second-order valence-corrected chi connectivity index (χ2v) is 6.02. The first-order chi connectivity index (χ1) is 10.1. The van der Waals surface area contributed by atoms with Crippen LogP contribution in [-0.2, 0) is 11.3 Å². The molecule has 1 aromatic heterocycles. The summed E-state index contributed by atoms with van der Waals surface area (Å²) in [7, 11) is 1.86. The number of piperidine rings is 1. The quantitative estimate of drug-likeness (QED) is 0.944. The Balaban J connectivity index is 0.00000176. The molecular weight excluding hydrogens is 300 g/mol. The summed E-state index contributed by atoms with van der Waals surface area (Å²) < 4.78 is 5.79.